The van der Waals surface area contributed by atoms with E-state index in [9.17, 15) is 0 Å². The molecule has 0 atom stereocenters. The molecule has 0 heterocycles. The normalized spacial score (nSPS) is 12.3. The molecule has 80 valence electrons. The van der Waals surface area contributed by atoms with E-state index in [-0.39, 0.29) is 0 Å². The number of fused-ring (bicyclic) bond motifs is 3. The summed E-state index contributed by atoms with van der Waals surface area (Å²) in [6.07, 6.45) is 0.991. The summed E-state index contributed by atoms with van der Waals surface area (Å²) >= 11 is 0. The Morgan fingerprint density at radius 3 is 2.69 bits per heavy atom. The summed E-state index contributed by atoms with van der Waals surface area (Å²) in [5.74, 6) is 5.16. The van der Waals surface area contributed by atoms with Gasteiger partial charge in [-0.15, -0.1) is 0 Å². The van der Waals surface area contributed by atoms with Gasteiger partial charge in [-0.25, -0.2) is 5.90 Å². The number of benzene rings is 2. The van der Waals surface area contributed by atoms with Crippen molar-refractivity contribution < 1.29 is 4.84 Å². The lowest BCUT2D eigenvalue weighted by molar-refractivity contribution is 0.123. The monoisotopic (exact) mass is 211 g/mol. The quantitative estimate of drug-likeness (QED) is 0.661. The summed E-state index contributed by atoms with van der Waals surface area (Å²) in [7, 11) is 0. The third kappa shape index (κ3) is 1.35. The van der Waals surface area contributed by atoms with Gasteiger partial charge in [-0.3, -0.25) is 4.84 Å². The summed E-state index contributed by atoms with van der Waals surface area (Å²) in [6.45, 7) is 0.483. The Kier molecular flexibility index (Phi) is 2.24. The largest absolute Gasteiger partial charge is 0.300 e. The summed E-state index contributed by atoms with van der Waals surface area (Å²) < 4.78 is 0. The Hall–Kier alpha value is -1.64. The van der Waals surface area contributed by atoms with Gasteiger partial charge in [-0.2, -0.15) is 0 Å². The van der Waals surface area contributed by atoms with Gasteiger partial charge in [0, 0.05) is 0 Å². The highest BCUT2D eigenvalue weighted by molar-refractivity contribution is 5.77. The zero-order valence-electron chi connectivity index (χ0n) is 8.94. The van der Waals surface area contributed by atoms with Crippen molar-refractivity contribution in [2.24, 2.45) is 5.90 Å². The van der Waals surface area contributed by atoms with Crippen LogP contribution >= 0.6 is 0 Å². The van der Waals surface area contributed by atoms with Crippen LogP contribution in [0.3, 0.4) is 0 Å². The lowest BCUT2D eigenvalue weighted by Crippen LogP contribution is -2.01. The van der Waals surface area contributed by atoms with Gasteiger partial charge in [0.05, 0.1) is 6.61 Å². The standard InChI is InChI=1S/C14H13NO/c15-16-9-11-5-3-7-13-12-6-2-1-4-10(12)8-14(11)13/h1-7H,8-9,15H2. The maximum Gasteiger partial charge on any atom is 0.0933 e. The second-order valence-corrected chi connectivity index (χ2v) is 4.09. The van der Waals surface area contributed by atoms with Crippen LogP contribution in [0, 0.1) is 0 Å². The third-order valence-corrected chi connectivity index (χ3v) is 3.19. The fourth-order valence-electron chi connectivity index (χ4n) is 2.45. The topological polar surface area (TPSA) is 35.2 Å². The van der Waals surface area contributed by atoms with E-state index < -0.39 is 0 Å². The van der Waals surface area contributed by atoms with E-state index in [4.69, 9.17) is 10.7 Å². The van der Waals surface area contributed by atoms with Gasteiger partial charge < -0.3 is 0 Å². The minimum atomic E-state index is 0.483. The fraction of sp³-hybridized carbons (Fsp3) is 0.143. The number of rotatable bonds is 2. The zero-order chi connectivity index (χ0) is 11.0. The second-order valence-electron chi connectivity index (χ2n) is 4.09. The maximum atomic E-state index is 5.16. The highest BCUT2D eigenvalue weighted by Gasteiger charge is 2.19. The fourth-order valence-corrected chi connectivity index (χ4v) is 2.45. The summed E-state index contributed by atoms with van der Waals surface area (Å²) in [6, 6.07) is 14.8. The van der Waals surface area contributed by atoms with Gasteiger partial charge in [0.1, 0.15) is 0 Å². The molecule has 0 unspecified atom stereocenters. The second kappa shape index (κ2) is 3.74. The first-order valence-corrected chi connectivity index (χ1v) is 5.41. The molecule has 0 saturated carbocycles. The molecule has 2 nitrogen and oxygen atoms in total. The molecule has 0 spiro atoms. The molecule has 2 aromatic carbocycles. The molecule has 0 saturated heterocycles. The molecule has 2 heteroatoms. The number of nitrogens with two attached hydrogens (primary N) is 1. The van der Waals surface area contributed by atoms with Crippen molar-refractivity contribution in [1.82, 2.24) is 0 Å². The smallest absolute Gasteiger partial charge is 0.0933 e. The van der Waals surface area contributed by atoms with E-state index in [1.54, 1.807) is 0 Å². The molecule has 0 bridgehead atoms. The molecule has 0 fully saturated rings. The molecule has 16 heavy (non-hydrogen) atoms. The van der Waals surface area contributed by atoms with Gasteiger partial charge in [0.15, 0.2) is 0 Å². The summed E-state index contributed by atoms with van der Waals surface area (Å²) in [5, 5.41) is 0. The Morgan fingerprint density at radius 2 is 1.81 bits per heavy atom. The highest BCUT2D eigenvalue weighted by Crippen LogP contribution is 2.37. The first-order valence-electron chi connectivity index (χ1n) is 5.41. The minimum absolute atomic E-state index is 0.483. The molecule has 0 radical (unpaired) electrons. The van der Waals surface area contributed by atoms with Gasteiger partial charge in [-0.05, 0) is 34.2 Å². The van der Waals surface area contributed by atoms with Crippen molar-refractivity contribution in [2.75, 3.05) is 0 Å². The van der Waals surface area contributed by atoms with Crippen LogP contribution in [0.25, 0.3) is 11.1 Å². The molecular weight excluding hydrogens is 198 g/mol. The highest BCUT2D eigenvalue weighted by atomic mass is 16.6. The van der Waals surface area contributed by atoms with Crippen LogP contribution in [0.1, 0.15) is 16.7 Å². The summed E-state index contributed by atoms with van der Waals surface area (Å²) in [5.41, 5.74) is 6.61. The van der Waals surface area contributed by atoms with E-state index in [0.29, 0.717) is 6.61 Å². The predicted molar refractivity (Wildman–Crippen MR) is 63.7 cm³/mol. The van der Waals surface area contributed by atoms with Crippen LogP contribution in [0.4, 0.5) is 0 Å². The SMILES string of the molecule is NOCc1cccc2c1Cc1ccccc1-2. The van der Waals surface area contributed by atoms with Crippen molar-refractivity contribution in [3.63, 3.8) is 0 Å². The van der Waals surface area contributed by atoms with Crippen molar-refractivity contribution in [3.05, 3.63) is 59.2 Å². The van der Waals surface area contributed by atoms with E-state index in [2.05, 4.69) is 42.5 Å². The van der Waals surface area contributed by atoms with Crippen molar-refractivity contribution in [3.8, 4) is 11.1 Å². The van der Waals surface area contributed by atoms with Crippen LogP contribution < -0.4 is 5.90 Å². The van der Waals surface area contributed by atoms with E-state index >= 15 is 0 Å². The van der Waals surface area contributed by atoms with E-state index in [1.165, 1.54) is 27.8 Å². The van der Waals surface area contributed by atoms with Gasteiger partial charge in [0.2, 0.25) is 0 Å². The molecule has 3 rings (SSSR count). The Morgan fingerprint density at radius 1 is 1.00 bits per heavy atom. The average molecular weight is 211 g/mol. The average Bonchev–Trinajstić information content (AvgIpc) is 2.69. The van der Waals surface area contributed by atoms with Crippen molar-refractivity contribution in [2.45, 2.75) is 13.0 Å². The molecule has 0 amide bonds. The Labute approximate surface area is 94.6 Å². The van der Waals surface area contributed by atoms with Crippen molar-refractivity contribution >= 4 is 0 Å². The van der Waals surface area contributed by atoms with Crippen LogP contribution in [0.15, 0.2) is 42.5 Å². The molecule has 0 aromatic heterocycles. The molecule has 1 aliphatic carbocycles. The van der Waals surface area contributed by atoms with Crippen LogP contribution in [0.2, 0.25) is 0 Å². The zero-order valence-corrected chi connectivity index (χ0v) is 8.94. The first-order chi connectivity index (χ1) is 7.90. The van der Waals surface area contributed by atoms with Gasteiger partial charge in [0.25, 0.3) is 0 Å². The van der Waals surface area contributed by atoms with Crippen molar-refractivity contribution in [1.29, 1.82) is 0 Å². The predicted octanol–water partition coefficient (Wildman–Crippen LogP) is 2.65. The molecule has 2 aromatic rings. The van der Waals surface area contributed by atoms with E-state index in [1.807, 2.05) is 0 Å². The number of hydrogen-bond donors (Lipinski definition) is 1. The van der Waals surface area contributed by atoms with Gasteiger partial charge in [-0.1, -0.05) is 42.5 Å². The van der Waals surface area contributed by atoms with Crippen LogP contribution in [-0.2, 0) is 17.9 Å². The molecule has 1 aliphatic rings. The van der Waals surface area contributed by atoms with Gasteiger partial charge >= 0.3 is 0 Å². The molecular formula is C14H13NO. The Balaban J connectivity index is 2.16. The van der Waals surface area contributed by atoms with Crippen LogP contribution in [-0.4, -0.2) is 0 Å². The van der Waals surface area contributed by atoms with Crippen LogP contribution in [0.5, 0.6) is 0 Å². The third-order valence-electron chi connectivity index (χ3n) is 3.19. The Bertz CT molecular complexity index is 534. The first kappa shape index (κ1) is 9.58. The molecule has 2 N–H and O–H groups in total. The maximum absolute atomic E-state index is 5.16. The van der Waals surface area contributed by atoms with E-state index in [0.717, 1.165) is 6.42 Å². The number of hydrogen-bond acceptors (Lipinski definition) is 2. The minimum Gasteiger partial charge on any atom is -0.300 e. The summed E-state index contributed by atoms with van der Waals surface area (Å²) in [4.78, 5) is 4.75. The molecule has 0 aliphatic heterocycles. The lowest BCUT2D eigenvalue weighted by Gasteiger charge is -2.06. The lowest BCUT2D eigenvalue weighted by atomic mass is 10.0.